The van der Waals surface area contributed by atoms with Crippen molar-refractivity contribution in [1.82, 2.24) is 0 Å². The van der Waals surface area contributed by atoms with E-state index in [1.807, 2.05) is 0 Å². The van der Waals surface area contributed by atoms with E-state index >= 15 is 0 Å². The molecule has 0 rings (SSSR count). The van der Waals surface area contributed by atoms with Crippen molar-refractivity contribution in [1.29, 1.82) is 0 Å². The van der Waals surface area contributed by atoms with Crippen LogP contribution in [0.2, 0.25) is 0 Å². The van der Waals surface area contributed by atoms with E-state index < -0.39 is 5.31 Å². The molecule has 0 saturated heterocycles. The fourth-order valence-electron chi connectivity index (χ4n) is 0. The second-order valence-electron chi connectivity index (χ2n) is 0.429. The van der Waals surface area contributed by atoms with Gasteiger partial charge in [-0.1, -0.05) is 0 Å². The first-order chi connectivity index (χ1) is 3.00. The van der Waals surface area contributed by atoms with Gasteiger partial charge in [0.25, 0.3) is 0 Å². The zero-order chi connectivity index (χ0) is 6.50. The van der Waals surface area contributed by atoms with Crippen molar-refractivity contribution in [3.8, 4) is 0 Å². The van der Waals surface area contributed by atoms with Crippen LogP contribution < -0.4 is 0 Å². The zero-order valence-corrected chi connectivity index (χ0v) is 8.57. The van der Waals surface area contributed by atoms with E-state index in [0.717, 1.165) is 0 Å². The van der Waals surface area contributed by atoms with Crippen LogP contribution in [0.3, 0.4) is 0 Å². The average Bonchev–Trinajstić information content (AvgIpc) is 1.36. The normalized spacial score (nSPS) is 9.00. The van der Waals surface area contributed by atoms with Crippen LogP contribution in [0.15, 0.2) is 0 Å². The molecule has 0 aromatic rings. The molecular formula is HAlCl4OSi. The summed E-state index contributed by atoms with van der Waals surface area (Å²) in [5.41, 5.74) is 0. The van der Waals surface area contributed by atoms with Crippen LogP contribution in [-0.4, -0.2) is 21.5 Å². The summed E-state index contributed by atoms with van der Waals surface area (Å²) in [6.45, 7) is 0. The van der Waals surface area contributed by atoms with Gasteiger partial charge in [0.05, 0.1) is 0 Å². The third-order valence-corrected chi connectivity index (χ3v) is 0. The summed E-state index contributed by atoms with van der Waals surface area (Å²) in [7, 11) is 0. The fourth-order valence-corrected chi connectivity index (χ4v) is 0. The van der Waals surface area contributed by atoms with E-state index in [2.05, 4.69) is 0 Å². The molecule has 0 atom stereocenters. The van der Waals surface area contributed by atoms with Crippen LogP contribution >= 0.6 is 44.3 Å². The third-order valence-electron chi connectivity index (χ3n) is 0. The Bertz CT molecular complexity index is 35.4. The second kappa shape index (κ2) is 5.84. The quantitative estimate of drug-likeness (QED) is 0.442. The topological polar surface area (TPSA) is 17.1 Å². The van der Waals surface area contributed by atoms with Crippen molar-refractivity contribution >= 4 is 65.9 Å². The number of hydrogen-bond acceptors (Lipinski definition) is 1. The van der Waals surface area contributed by atoms with E-state index in [4.69, 9.17) is 48.1 Å². The Morgan fingerprint density at radius 1 is 1.00 bits per heavy atom. The van der Waals surface area contributed by atoms with E-state index in [0.29, 0.717) is 16.2 Å². The first-order valence-corrected chi connectivity index (χ1v) is 7.67. The zero-order valence-electron chi connectivity index (χ0n) is 3.13. The standard InChI is InChI=1S/Al.Cl4Si.O.H/c;1-5(2,3)4;;. The first kappa shape index (κ1) is 11.5. The van der Waals surface area contributed by atoms with E-state index in [1.165, 1.54) is 0 Å². The number of hydrogen-bond donors (Lipinski definition) is 0. The summed E-state index contributed by atoms with van der Waals surface area (Å²) in [6, 6.07) is 0. The van der Waals surface area contributed by atoms with Crippen LogP contribution in [0.4, 0.5) is 0 Å². The molecule has 0 aliphatic heterocycles. The van der Waals surface area contributed by atoms with Gasteiger partial charge in [0.2, 0.25) is 0 Å². The number of halogens is 4. The van der Waals surface area contributed by atoms with Gasteiger partial charge < -0.3 is 0 Å². The summed E-state index contributed by atoms with van der Waals surface area (Å²) in [6.07, 6.45) is 0. The molecule has 0 radical (unpaired) electrons. The van der Waals surface area contributed by atoms with Crippen molar-refractivity contribution in [3.05, 3.63) is 0 Å². The SMILES string of the molecule is Cl[Si](Cl)(Cl)Cl.[O]=[AlH]. The molecule has 7 heteroatoms. The molecule has 0 unspecified atom stereocenters. The van der Waals surface area contributed by atoms with Crippen LogP contribution in [-0.2, 0) is 3.80 Å². The molecule has 0 fully saturated rings. The van der Waals surface area contributed by atoms with Crippen LogP contribution in [0.5, 0.6) is 0 Å². The summed E-state index contributed by atoms with van der Waals surface area (Å²) in [4.78, 5) is 0. The summed E-state index contributed by atoms with van der Waals surface area (Å²) in [5.74, 6) is 0. The Hall–Kier alpha value is 1.71. The Balaban J connectivity index is 0. The van der Waals surface area contributed by atoms with Crippen molar-refractivity contribution in [2.24, 2.45) is 0 Å². The molecule has 7 heavy (non-hydrogen) atoms. The molecule has 0 spiro atoms. The van der Waals surface area contributed by atoms with Gasteiger partial charge in [-0.05, 0) is 0 Å². The fraction of sp³-hybridized carbons (Fsp3) is 0. The van der Waals surface area contributed by atoms with Gasteiger partial charge in [-0.15, -0.1) is 44.3 Å². The van der Waals surface area contributed by atoms with Gasteiger partial charge in [-0.2, -0.15) is 0 Å². The molecule has 0 amide bonds. The second-order valence-corrected chi connectivity index (χ2v) is 11.6. The van der Waals surface area contributed by atoms with Gasteiger partial charge in [-0.3, -0.25) is 0 Å². The minimum absolute atomic E-state index is 0.611. The molecule has 0 saturated carbocycles. The molecule has 0 heterocycles. The van der Waals surface area contributed by atoms with E-state index in [1.54, 1.807) is 0 Å². The summed E-state index contributed by atoms with van der Waals surface area (Å²) >= 11 is 20.5. The molecule has 42 valence electrons. The maximum absolute atomic E-state index is 8.28. The minimum atomic E-state index is -2.72. The Morgan fingerprint density at radius 3 is 1.00 bits per heavy atom. The average molecular weight is 214 g/mol. The molecule has 0 aliphatic carbocycles. The van der Waals surface area contributed by atoms with Gasteiger partial charge in [-0.25, -0.2) is 0 Å². The van der Waals surface area contributed by atoms with Crippen molar-refractivity contribution in [2.75, 3.05) is 0 Å². The van der Waals surface area contributed by atoms with Gasteiger partial charge in [0.15, 0.2) is 0 Å². The monoisotopic (exact) mass is 212 g/mol. The predicted octanol–water partition coefficient (Wildman–Crippen LogP) is 1.61. The molecule has 0 aliphatic rings. The van der Waals surface area contributed by atoms with E-state index in [-0.39, 0.29) is 0 Å². The molecule has 0 bridgehead atoms. The molecule has 0 aromatic heterocycles. The van der Waals surface area contributed by atoms with Crippen molar-refractivity contribution in [2.45, 2.75) is 0 Å². The summed E-state index contributed by atoms with van der Waals surface area (Å²) in [5, 5.41) is -2.72. The van der Waals surface area contributed by atoms with Crippen LogP contribution in [0, 0.1) is 0 Å². The molecule has 1 nitrogen and oxygen atoms in total. The van der Waals surface area contributed by atoms with Gasteiger partial charge in [0.1, 0.15) is 0 Å². The van der Waals surface area contributed by atoms with Gasteiger partial charge in [0, 0.05) is 0 Å². The van der Waals surface area contributed by atoms with Crippen molar-refractivity contribution in [3.63, 3.8) is 0 Å². The van der Waals surface area contributed by atoms with Gasteiger partial charge >= 0.3 is 25.3 Å². The molecule has 0 N–H and O–H groups in total. The first-order valence-electron chi connectivity index (χ1n) is 1.04. The molecule has 0 aromatic carbocycles. The van der Waals surface area contributed by atoms with Crippen molar-refractivity contribution < 1.29 is 3.80 Å². The number of rotatable bonds is 0. The van der Waals surface area contributed by atoms with Crippen LogP contribution in [0.1, 0.15) is 0 Å². The Morgan fingerprint density at radius 2 is 1.00 bits per heavy atom. The van der Waals surface area contributed by atoms with E-state index in [9.17, 15) is 0 Å². The van der Waals surface area contributed by atoms with Crippen LogP contribution in [0.25, 0.3) is 0 Å². The third kappa shape index (κ3) is 86.0. The maximum atomic E-state index is 8.28. The summed E-state index contributed by atoms with van der Waals surface area (Å²) < 4.78 is 8.28. The predicted molar refractivity (Wildman–Crippen MR) is 37.0 cm³/mol. The Kier molecular flexibility index (Phi) is 9.59. The molecular weight excluding hydrogens is 213 g/mol. The Labute approximate surface area is 69.3 Å².